The summed E-state index contributed by atoms with van der Waals surface area (Å²) < 4.78 is 23.2. The van der Waals surface area contributed by atoms with Crippen LogP contribution in [-0.2, 0) is 28.6 Å². The summed E-state index contributed by atoms with van der Waals surface area (Å²) >= 11 is 1.52. The van der Waals surface area contributed by atoms with E-state index in [1.165, 1.54) is 16.2 Å². The second kappa shape index (κ2) is 7.21. The molecule has 0 amide bonds. The van der Waals surface area contributed by atoms with Crippen LogP contribution >= 0.6 is 11.3 Å². The number of nitrogens with zero attached hydrogens (tertiary/aromatic N) is 1. The molecule has 0 aliphatic rings. The molecule has 0 radical (unpaired) electrons. The van der Waals surface area contributed by atoms with E-state index in [1.54, 1.807) is 6.92 Å². The number of nitrogens with one attached hydrogen (secondary N) is 1. The third-order valence-corrected chi connectivity index (χ3v) is 5.53. The van der Waals surface area contributed by atoms with E-state index in [0.29, 0.717) is 0 Å². The Morgan fingerprint density at radius 1 is 1.28 bits per heavy atom. The fourth-order valence-electron chi connectivity index (χ4n) is 1.58. The van der Waals surface area contributed by atoms with Crippen LogP contribution in [0.1, 0.15) is 42.8 Å². The molecular weight excluding hydrogens is 268 g/mol. The quantitative estimate of drug-likeness (QED) is 0.745. The van der Waals surface area contributed by atoms with Gasteiger partial charge in [-0.2, -0.15) is 0 Å². The molecule has 0 bridgehead atoms. The predicted molar refractivity (Wildman–Crippen MR) is 76.7 cm³/mol. The van der Waals surface area contributed by atoms with Gasteiger partial charge in [-0.05, 0) is 19.4 Å². The Kier molecular flexibility index (Phi) is 6.25. The van der Waals surface area contributed by atoms with Crippen LogP contribution in [0.4, 0.5) is 0 Å². The van der Waals surface area contributed by atoms with Crippen LogP contribution in [0.3, 0.4) is 0 Å². The van der Waals surface area contributed by atoms with Gasteiger partial charge in [0.25, 0.3) is 0 Å². The Balaban J connectivity index is 2.77. The summed E-state index contributed by atoms with van der Waals surface area (Å²) in [6, 6.07) is 0. The molecule has 0 saturated heterocycles. The molecule has 1 aromatic rings. The standard InChI is InChI=1S/C12H22N2O2S2/c1-4-7-13-8-11-10(5-2)14-12(17-11)9-18(15,16)6-3/h13H,4-9H2,1-3H3. The molecule has 6 heteroatoms. The average molecular weight is 290 g/mol. The molecule has 0 atom stereocenters. The van der Waals surface area contributed by atoms with Crippen molar-refractivity contribution in [3.8, 4) is 0 Å². The van der Waals surface area contributed by atoms with Crippen molar-refractivity contribution in [1.29, 1.82) is 0 Å². The highest BCUT2D eigenvalue weighted by Gasteiger charge is 2.15. The van der Waals surface area contributed by atoms with Gasteiger partial charge in [-0.1, -0.05) is 20.8 Å². The molecule has 0 saturated carbocycles. The van der Waals surface area contributed by atoms with E-state index in [0.717, 1.165) is 36.6 Å². The molecule has 0 aliphatic heterocycles. The summed E-state index contributed by atoms with van der Waals surface area (Å²) in [4.78, 5) is 5.61. The lowest BCUT2D eigenvalue weighted by molar-refractivity contribution is 0.596. The van der Waals surface area contributed by atoms with Crippen molar-refractivity contribution in [3.63, 3.8) is 0 Å². The average Bonchev–Trinajstić information content (AvgIpc) is 2.71. The monoisotopic (exact) mass is 290 g/mol. The maximum atomic E-state index is 11.6. The molecule has 4 nitrogen and oxygen atoms in total. The van der Waals surface area contributed by atoms with E-state index < -0.39 is 9.84 Å². The zero-order chi connectivity index (χ0) is 13.6. The molecule has 1 N–H and O–H groups in total. The zero-order valence-electron chi connectivity index (χ0n) is 11.3. The number of rotatable bonds is 8. The highest BCUT2D eigenvalue weighted by molar-refractivity contribution is 7.90. The summed E-state index contributed by atoms with van der Waals surface area (Å²) in [5, 5.41) is 4.06. The number of sulfone groups is 1. The highest BCUT2D eigenvalue weighted by Crippen LogP contribution is 2.21. The van der Waals surface area contributed by atoms with E-state index in [4.69, 9.17) is 0 Å². The Hall–Kier alpha value is -0.460. The van der Waals surface area contributed by atoms with Crippen LogP contribution in [0.5, 0.6) is 0 Å². The van der Waals surface area contributed by atoms with Gasteiger partial charge in [-0.3, -0.25) is 0 Å². The molecule has 0 unspecified atom stereocenters. The number of aryl methyl sites for hydroxylation is 1. The highest BCUT2D eigenvalue weighted by atomic mass is 32.2. The summed E-state index contributed by atoms with van der Waals surface area (Å²) in [5.74, 6) is 0.256. The van der Waals surface area contributed by atoms with Crippen molar-refractivity contribution in [1.82, 2.24) is 10.3 Å². The second-order valence-corrected chi connectivity index (χ2v) is 7.71. The minimum Gasteiger partial charge on any atom is -0.312 e. The smallest absolute Gasteiger partial charge is 0.156 e. The zero-order valence-corrected chi connectivity index (χ0v) is 13.0. The van der Waals surface area contributed by atoms with Crippen molar-refractivity contribution in [2.75, 3.05) is 12.3 Å². The summed E-state index contributed by atoms with van der Waals surface area (Å²) in [7, 11) is -2.98. The van der Waals surface area contributed by atoms with Gasteiger partial charge in [0.1, 0.15) is 10.8 Å². The third-order valence-electron chi connectivity index (χ3n) is 2.65. The van der Waals surface area contributed by atoms with Crippen LogP contribution in [0, 0.1) is 0 Å². The van der Waals surface area contributed by atoms with Crippen molar-refractivity contribution in [2.24, 2.45) is 0 Å². The maximum absolute atomic E-state index is 11.6. The van der Waals surface area contributed by atoms with Crippen LogP contribution < -0.4 is 5.32 Å². The van der Waals surface area contributed by atoms with Crippen molar-refractivity contribution in [3.05, 3.63) is 15.6 Å². The molecule has 0 aromatic carbocycles. The topological polar surface area (TPSA) is 59.1 Å². The lowest BCUT2D eigenvalue weighted by atomic mass is 10.3. The fourth-order valence-corrected chi connectivity index (χ4v) is 3.92. The Morgan fingerprint density at radius 2 is 2.00 bits per heavy atom. The van der Waals surface area contributed by atoms with E-state index in [2.05, 4.69) is 24.1 Å². The van der Waals surface area contributed by atoms with Gasteiger partial charge in [-0.25, -0.2) is 13.4 Å². The lowest BCUT2D eigenvalue weighted by Gasteiger charge is -2.01. The van der Waals surface area contributed by atoms with Crippen molar-refractivity contribution in [2.45, 2.75) is 45.9 Å². The Labute approximate surface area is 114 Å². The van der Waals surface area contributed by atoms with Gasteiger partial charge in [0.15, 0.2) is 9.84 Å². The van der Waals surface area contributed by atoms with Gasteiger partial charge < -0.3 is 5.32 Å². The molecular formula is C12H22N2O2S2. The van der Waals surface area contributed by atoms with E-state index >= 15 is 0 Å². The fraction of sp³-hybridized carbons (Fsp3) is 0.750. The first-order valence-corrected chi connectivity index (χ1v) is 9.04. The first-order chi connectivity index (χ1) is 8.52. The number of hydrogen-bond acceptors (Lipinski definition) is 5. The van der Waals surface area contributed by atoms with Crippen molar-refractivity contribution < 1.29 is 8.42 Å². The molecule has 0 fully saturated rings. The molecule has 1 heterocycles. The van der Waals surface area contributed by atoms with Gasteiger partial charge >= 0.3 is 0 Å². The first kappa shape index (κ1) is 15.6. The van der Waals surface area contributed by atoms with E-state index in [-0.39, 0.29) is 11.5 Å². The van der Waals surface area contributed by atoms with Gasteiger partial charge in [-0.15, -0.1) is 11.3 Å². The number of thiazole rings is 1. The summed E-state index contributed by atoms with van der Waals surface area (Å²) in [5.41, 5.74) is 1.03. The molecule has 1 rings (SSSR count). The van der Waals surface area contributed by atoms with Gasteiger partial charge in [0, 0.05) is 17.2 Å². The minimum atomic E-state index is -2.98. The SMILES string of the molecule is CCCNCc1sc(CS(=O)(=O)CC)nc1CC. The summed E-state index contributed by atoms with van der Waals surface area (Å²) in [6.07, 6.45) is 1.95. The van der Waals surface area contributed by atoms with Crippen LogP contribution in [0.15, 0.2) is 0 Å². The molecule has 0 spiro atoms. The van der Waals surface area contributed by atoms with Gasteiger partial charge in [0.2, 0.25) is 0 Å². The van der Waals surface area contributed by atoms with Crippen LogP contribution in [0.25, 0.3) is 0 Å². The molecule has 1 aromatic heterocycles. The van der Waals surface area contributed by atoms with Crippen LogP contribution in [-0.4, -0.2) is 25.7 Å². The summed E-state index contributed by atoms with van der Waals surface area (Å²) in [6.45, 7) is 7.62. The van der Waals surface area contributed by atoms with Gasteiger partial charge in [0.05, 0.1) is 5.69 Å². The van der Waals surface area contributed by atoms with Crippen molar-refractivity contribution >= 4 is 21.2 Å². The minimum absolute atomic E-state index is 0.0783. The second-order valence-electron chi connectivity index (χ2n) is 4.18. The van der Waals surface area contributed by atoms with Crippen LogP contribution in [0.2, 0.25) is 0 Å². The number of hydrogen-bond donors (Lipinski definition) is 1. The first-order valence-electron chi connectivity index (χ1n) is 6.41. The molecule has 18 heavy (non-hydrogen) atoms. The normalized spacial score (nSPS) is 11.9. The van der Waals surface area contributed by atoms with E-state index in [1.807, 2.05) is 0 Å². The maximum Gasteiger partial charge on any atom is 0.156 e. The third kappa shape index (κ3) is 4.66. The Bertz CT molecular complexity index is 466. The number of aromatic nitrogens is 1. The largest absolute Gasteiger partial charge is 0.312 e. The molecule has 0 aliphatic carbocycles. The Morgan fingerprint density at radius 3 is 2.56 bits per heavy atom. The molecule has 104 valence electrons. The predicted octanol–water partition coefficient (Wildman–Crippen LogP) is 2.14. The lowest BCUT2D eigenvalue weighted by Crippen LogP contribution is -2.13. The van der Waals surface area contributed by atoms with E-state index in [9.17, 15) is 8.42 Å².